The summed E-state index contributed by atoms with van der Waals surface area (Å²) in [6.45, 7) is 8.04. The molecule has 1 aliphatic carbocycles. The average Bonchev–Trinajstić information content (AvgIpc) is 3.31. The molecule has 4 aliphatic rings. The Kier molecular flexibility index (Phi) is 9.03. The molecule has 1 saturated carbocycles. The lowest BCUT2D eigenvalue weighted by Gasteiger charge is -2.31. The molecule has 0 bridgehead atoms. The molecule has 3 unspecified atom stereocenters. The van der Waals surface area contributed by atoms with Gasteiger partial charge in [-0.15, -0.1) is 0 Å². The molecule has 6 heteroatoms. The fourth-order valence-corrected chi connectivity index (χ4v) is 5.48. The van der Waals surface area contributed by atoms with Gasteiger partial charge in [0.25, 0.3) is 0 Å². The van der Waals surface area contributed by atoms with E-state index in [-0.39, 0.29) is 48.7 Å². The maximum absolute atomic E-state index is 12.0. The number of allylic oxidation sites excluding steroid dienone is 2. The smallest absolute Gasteiger partial charge is 0.306 e. The predicted molar refractivity (Wildman–Crippen MR) is 125 cm³/mol. The van der Waals surface area contributed by atoms with E-state index in [0.29, 0.717) is 12.3 Å². The molecule has 0 N–H and O–H groups in total. The maximum atomic E-state index is 12.0. The summed E-state index contributed by atoms with van der Waals surface area (Å²) < 4.78 is 30.2. The van der Waals surface area contributed by atoms with E-state index in [2.05, 4.69) is 39.0 Å². The summed E-state index contributed by atoms with van der Waals surface area (Å²) in [6, 6.07) is 0. The van der Waals surface area contributed by atoms with Gasteiger partial charge in [0.15, 0.2) is 12.6 Å². The minimum Gasteiger partial charge on any atom is -0.462 e. The van der Waals surface area contributed by atoms with Crippen molar-refractivity contribution in [2.45, 2.75) is 109 Å². The van der Waals surface area contributed by atoms with Crippen LogP contribution in [0.1, 0.15) is 78.6 Å². The fraction of sp³-hybridized carbons (Fsp3) is 0.815. The highest BCUT2D eigenvalue weighted by molar-refractivity contribution is 5.72. The van der Waals surface area contributed by atoms with E-state index in [4.69, 9.17) is 23.7 Å². The summed E-state index contributed by atoms with van der Waals surface area (Å²) >= 11 is 0. The van der Waals surface area contributed by atoms with Gasteiger partial charge in [-0.2, -0.15) is 0 Å². The topological polar surface area (TPSA) is 63.2 Å². The van der Waals surface area contributed by atoms with E-state index in [1.807, 2.05) is 0 Å². The quantitative estimate of drug-likeness (QED) is 0.342. The molecule has 8 atom stereocenters. The van der Waals surface area contributed by atoms with Crippen LogP contribution in [-0.2, 0) is 28.5 Å². The molecule has 4 fully saturated rings. The van der Waals surface area contributed by atoms with Crippen LogP contribution in [0.15, 0.2) is 23.8 Å². The van der Waals surface area contributed by atoms with Crippen molar-refractivity contribution in [1.29, 1.82) is 0 Å². The second-order valence-electron chi connectivity index (χ2n) is 10.5. The van der Waals surface area contributed by atoms with Crippen LogP contribution in [0.25, 0.3) is 0 Å². The Morgan fingerprint density at radius 3 is 2.48 bits per heavy atom. The molecule has 186 valence electrons. The molecule has 4 rings (SSSR count). The van der Waals surface area contributed by atoms with Crippen molar-refractivity contribution in [3.63, 3.8) is 0 Å². The van der Waals surface area contributed by atoms with Crippen LogP contribution in [0.2, 0.25) is 0 Å². The molecule has 0 aromatic rings. The molecule has 0 aromatic heterocycles. The second-order valence-corrected chi connectivity index (χ2v) is 10.5. The van der Waals surface area contributed by atoms with Crippen molar-refractivity contribution in [2.75, 3.05) is 13.2 Å². The van der Waals surface area contributed by atoms with E-state index in [9.17, 15) is 4.79 Å². The van der Waals surface area contributed by atoms with E-state index in [1.54, 1.807) is 0 Å². The third-order valence-electron chi connectivity index (χ3n) is 7.44. The summed E-state index contributed by atoms with van der Waals surface area (Å²) in [5, 5.41) is 0. The van der Waals surface area contributed by atoms with E-state index in [1.165, 1.54) is 5.57 Å². The molecule has 0 aromatic carbocycles. The van der Waals surface area contributed by atoms with Gasteiger partial charge in [0.1, 0.15) is 6.10 Å². The first-order valence-electron chi connectivity index (χ1n) is 13.0. The van der Waals surface area contributed by atoms with Crippen molar-refractivity contribution >= 4 is 5.97 Å². The third kappa shape index (κ3) is 6.91. The summed E-state index contributed by atoms with van der Waals surface area (Å²) in [5.41, 5.74) is 1.32. The predicted octanol–water partition coefficient (Wildman–Crippen LogP) is 5.31. The molecule has 3 saturated heterocycles. The molecule has 3 heterocycles. The van der Waals surface area contributed by atoms with Crippen molar-refractivity contribution in [2.24, 2.45) is 17.8 Å². The van der Waals surface area contributed by atoms with Gasteiger partial charge in [-0.25, -0.2) is 0 Å². The van der Waals surface area contributed by atoms with E-state index < -0.39 is 0 Å². The first-order valence-corrected chi connectivity index (χ1v) is 13.0. The first-order chi connectivity index (χ1) is 16.0. The highest BCUT2D eigenvalue weighted by Crippen LogP contribution is 2.44. The van der Waals surface area contributed by atoms with Gasteiger partial charge in [0.2, 0.25) is 0 Å². The van der Waals surface area contributed by atoms with Gasteiger partial charge in [0.05, 0.1) is 18.6 Å². The number of hydrogen-bond donors (Lipinski definition) is 0. The van der Waals surface area contributed by atoms with Gasteiger partial charge < -0.3 is 23.7 Å². The second kappa shape index (κ2) is 12.0. The van der Waals surface area contributed by atoms with Crippen LogP contribution in [0.4, 0.5) is 0 Å². The summed E-state index contributed by atoms with van der Waals surface area (Å²) in [4.78, 5) is 12.0. The molecule has 0 spiro atoms. The van der Waals surface area contributed by atoms with Gasteiger partial charge in [-0.1, -0.05) is 30.7 Å². The van der Waals surface area contributed by atoms with Gasteiger partial charge in [0, 0.05) is 31.5 Å². The van der Waals surface area contributed by atoms with Crippen molar-refractivity contribution in [3.8, 4) is 0 Å². The molecule has 3 aliphatic heterocycles. The highest BCUT2D eigenvalue weighted by atomic mass is 16.7. The Morgan fingerprint density at radius 1 is 1.09 bits per heavy atom. The number of carbonyl (C=O) groups is 1. The monoisotopic (exact) mass is 462 g/mol. The number of ether oxygens (including phenoxy) is 5. The number of rotatable bonds is 9. The van der Waals surface area contributed by atoms with Gasteiger partial charge in [-0.05, 0) is 64.7 Å². The molecular formula is C27H42O6. The molecule has 0 amide bonds. The number of fused-ring (bicyclic) bond motifs is 1. The zero-order valence-corrected chi connectivity index (χ0v) is 20.6. The molecule has 6 nitrogen and oxygen atoms in total. The molecular weight excluding hydrogens is 420 g/mol. The minimum absolute atomic E-state index is 0.00659. The number of carbonyl (C=O) groups excluding carboxylic acids is 1. The molecule has 0 radical (unpaired) electrons. The number of hydrogen-bond acceptors (Lipinski definition) is 6. The maximum Gasteiger partial charge on any atom is 0.306 e. The fourth-order valence-electron chi connectivity index (χ4n) is 5.48. The van der Waals surface area contributed by atoms with Crippen LogP contribution in [0.5, 0.6) is 0 Å². The van der Waals surface area contributed by atoms with Crippen LogP contribution >= 0.6 is 0 Å². The lowest BCUT2D eigenvalue weighted by atomic mass is 9.90. The Morgan fingerprint density at radius 2 is 1.82 bits per heavy atom. The van der Waals surface area contributed by atoms with Crippen LogP contribution in [-0.4, -0.2) is 50.1 Å². The largest absolute Gasteiger partial charge is 0.462 e. The van der Waals surface area contributed by atoms with Gasteiger partial charge in [-0.3, -0.25) is 4.79 Å². The Hall–Kier alpha value is -1.21. The average molecular weight is 463 g/mol. The van der Waals surface area contributed by atoms with E-state index >= 15 is 0 Å². The SMILES string of the molecule is CC(C)=CCC(C)[C@H](/C=C/[C@@H]1[C@H]2CC(=O)O[C@H]2C[C@H]1OC1CCCCO1)OC1CCCCO1. The number of esters is 1. The summed E-state index contributed by atoms with van der Waals surface area (Å²) in [5.74, 6) is 0.528. The van der Waals surface area contributed by atoms with Crippen LogP contribution in [0.3, 0.4) is 0 Å². The summed E-state index contributed by atoms with van der Waals surface area (Å²) in [7, 11) is 0. The highest BCUT2D eigenvalue weighted by Gasteiger charge is 2.50. The lowest BCUT2D eigenvalue weighted by molar-refractivity contribution is -0.194. The van der Waals surface area contributed by atoms with Crippen molar-refractivity contribution in [3.05, 3.63) is 23.8 Å². The Balaban J connectivity index is 1.47. The standard InChI is InChI=1S/C27H42O6/c1-18(2)10-11-19(3)22(32-26-8-4-6-14-29-26)13-12-20-21-16-25(28)31-24(21)17-23(20)33-27-9-5-7-15-30-27/h10,12-13,19-24,26-27H,4-9,11,14-17H2,1-3H3/b13-12+/t19?,20-,21-,22+,23-,24+,26?,27?/m1/s1. The van der Waals surface area contributed by atoms with Gasteiger partial charge >= 0.3 is 5.97 Å². The molecule has 33 heavy (non-hydrogen) atoms. The first kappa shape index (κ1) is 24.9. The third-order valence-corrected chi connectivity index (χ3v) is 7.44. The van der Waals surface area contributed by atoms with Crippen molar-refractivity contribution < 1.29 is 28.5 Å². The normalized spacial score (nSPS) is 36.4. The van der Waals surface area contributed by atoms with Crippen LogP contribution < -0.4 is 0 Å². The van der Waals surface area contributed by atoms with E-state index in [0.717, 1.165) is 64.6 Å². The van der Waals surface area contributed by atoms with Crippen molar-refractivity contribution in [1.82, 2.24) is 0 Å². The zero-order chi connectivity index (χ0) is 23.2. The lowest BCUT2D eigenvalue weighted by Crippen LogP contribution is -2.32. The summed E-state index contributed by atoms with van der Waals surface area (Å²) in [6.07, 6.45) is 14.9. The van der Waals surface area contributed by atoms with Crippen LogP contribution in [0, 0.1) is 17.8 Å². The minimum atomic E-state index is -0.145. The Bertz CT molecular complexity index is 687. The zero-order valence-electron chi connectivity index (χ0n) is 20.6. The Labute approximate surface area is 199 Å².